The zero-order valence-corrected chi connectivity index (χ0v) is 21.6. The quantitative estimate of drug-likeness (QED) is 0.320. The number of benzene rings is 3. The maximum Gasteiger partial charge on any atom is 0.261 e. The Hall–Kier alpha value is -2.73. The van der Waals surface area contributed by atoms with Crippen molar-refractivity contribution in [3.8, 4) is 5.75 Å². The molecule has 0 aromatic heterocycles. The lowest BCUT2D eigenvalue weighted by Gasteiger charge is -2.31. The van der Waals surface area contributed by atoms with E-state index in [4.69, 9.17) is 39.5 Å². The van der Waals surface area contributed by atoms with E-state index in [1.165, 1.54) is 4.90 Å². The van der Waals surface area contributed by atoms with E-state index < -0.39 is 6.04 Å². The molecule has 0 saturated carbocycles. The van der Waals surface area contributed by atoms with Gasteiger partial charge in [-0.1, -0.05) is 90.3 Å². The molecule has 3 aromatic rings. The molecular formula is C27H27Cl3N2O3. The van der Waals surface area contributed by atoms with Gasteiger partial charge in [0.15, 0.2) is 6.61 Å². The van der Waals surface area contributed by atoms with Crippen molar-refractivity contribution >= 4 is 46.6 Å². The van der Waals surface area contributed by atoms with Crippen molar-refractivity contribution in [3.05, 3.63) is 99.0 Å². The first-order valence-corrected chi connectivity index (χ1v) is 12.4. The normalized spacial score (nSPS) is 11.5. The molecule has 35 heavy (non-hydrogen) atoms. The molecule has 1 atom stereocenters. The molecule has 0 spiro atoms. The van der Waals surface area contributed by atoms with Gasteiger partial charge in [0.05, 0.1) is 5.02 Å². The first-order valence-electron chi connectivity index (χ1n) is 11.3. The number of nitrogens with zero attached hydrogens (tertiary/aromatic N) is 1. The third-order valence-corrected chi connectivity index (χ3v) is 6.26. The van der Waals surface area contributed by atoms with Crippen LogP contribution in [0.3, 0.4) is 0 Å². The molecule has 184 valence electrons. The van der Waals surface area contributed by atoms with Gasteiger partial charge in [0, 0.05) is 29.6 Å². The van der Waals surface area contributed by atoms with Crippen LogP contribution in [0.2, 0.25) is 15.1 Å². The standard InChI is InChI=1S/C27H27Cl3N2O3/c1-2-14-31-27(34)24(15-19-8-4-3-5-9-19)32(17-20-10-6-7-11-22(20)29)26(33)18-35-25-13-12-21(28)16-23(25)30/h3-13,16,24H,2,14-15,17-18H2,1H3,(H,31,34). The molecule has 3 rings (SSSR count). The van der Waals surface area contributed by atoms with Crippen molar-refractivity contribution in [2.75, 3.05) is 13.2 Å². The number of carbonyl (C=O) groups excluding carboxylic acids is 2. The molecule has 1 unspecified atom stereocenters. The minimum absolute atomic E-state index is 0.146. The molecule has 0 aliphatic rings. The van der Waals surface area contributed by atoms with Crippen molar-refractivity contribution in [1.82, 2.24) is 10.2 Å². The van der Waals surface area contributed by atoms with Crippen molar-refractivity contribution in [3.63, 3.8) is 0 Å². The van der Waals surface area contributed by atoms with Gasteiger partial charge in [0.25, 0.3) is 5.91 Å². The average molecular weight is 534 g/mol. The Morgan fingerprint density at radius 3 is 2.34 bits per heavy atom. The number of hydrogen-bond donors (Lipinski definition) is 1. The largest absolute Gasteiger partial charge is 0.482 e. The summed E-state index contributed by atoms with van der Waals surface area (Å²) < 4.78 is 5.72. The van der Waals surface area contributed by atoms with Crippen molar-refractivity contribution in [2.24, 2.45) is 0 Å². The third-order valence-electron chi connectivity index (χ3n) is 5.36. The maximum absolute atomic E-state index is 13.5. The predicted molar refractivity (Wildman–Crippen MR) is 141 cm³/mol. The van der Waals surface area contributed by atoms with Crippen LogP contribution in [0.25, 0.3) is 0 Å². The van der Waals surface area contributed by atoms with E-state index in [2.05, 4.69) is 5.32 Å². The molecule has 0 aliphatic carbocycles. The van der Waals surface area contributed by atoms with Crippen LogP contribution in [0.5, 0.6) is 5.75 Å². The van der Waals surface area contributed by atoms with Crippen LogP contribution >= 0.6 is 34.8 Å². The summed E-state index contributed by atoms with van der Waals surface area (Å²) in [5.74, 6) is -0.277. The van der Waals surface area contributed by atoms with Crippen LogP contribution in [0.15, 0.2) is 72.8 Å². The predicted octanol–water partition coefficient (Wildman–Crippen LogP) is 6.19. The Morgan fingerprint density at radius 2 is 1.66 bits per heavy atom. The van der Waals surface area contributed by atoms with Gasteiger partial charge >= 0.3 is 0 Å². The van der Waals surface area contributed by atoms with Gasteiger partial charge < -0.3 is 15.0 Å². The lowest BCUT2D eigenvalue weighted by Crippen LogP contribution is -2.51. The average Bonchev–Trinajstić information content (AvgIpc) is 2.85. The molecule has 0 aliphatic heterocycles. The van der Waals surface area contributed by atoms with Crippen LogP contribution in [0, 0.1) is 0 Å². The first-order chi connectivity index (χ1) is 16.9. The van der Waals surface area contributed by atoms with Crippen molar-refractivity contribution in [1.29, 1.82) is 0 Å². The molecule has 1 N–H and O–H groups in total. The number of halogens is 3. The summed E-state index contributed by atoms with van der Waals surface area (Å²) in [6, 6.07) is 20.8. The fraction of sp³-hybridized carbons (Fsp3) is 0.259. The second-order valence-corrected chi connectivity index (χ2v) is 9.22. The molecule has 0 radical (unpaired) electrons. The Balaban J connectivity index is 1.91. The van der Waals surface area contributed by atoms with Gasteiger partial charge in [0.1, 0.15) is 11.8 Å². The van der Waals surface area contributed by atoms with E-state index in [1.54, 1.807) is 24.3 Å². The molecule has 8 heteroatoms. The molecule has 0 heterocycles. The SMILES string of the molecule is CCCNC(=O)C(Cc1ccccc1)N(Cc1ccccc1Cl)C(=O)COc1ccc(Cl)cc1Cl. The van der Waals surface area contributed by atoms with Crippen molar-refractivity contribution < 1.29 is 14.3 Å². The monoisotopic (exact) mass is 532 g/mol. The van der Waals surface area contributed by atoms with E-state index in [0.717, 1.165) is 17.5 Å². The van der Waals surface area contributed by atoms with Crippen molar-refractivity contribution in [2.45, 2.75) is 32.4 Å². The number of ether oxygens (including phenoxy) is 1. The fourth-order valence-electron chi connectivity index (χ4n) is 3.54. The zero-order valence-electron chi connectivity index (χ0n) is 19.3. The number of hydrogen-bond acceptors (Lipinski definition) is 3. The topological polar surface area (TPSA) is 58.6 Å². The van der Waals surface area contributed by atoms with Gasteiger partial charge in [-0.3, -0.25) is 9.59 Å². The first kappa shape index (κ1) is 26.9. The highest BCUT2D eigenvalue weighted by molar-refractivity contribution is 6.35. The Morgan fingerprint density at radius 1 is 0.943 bits per heavy atom. The zero-order chi connectivity index (χ0) is 25.2. The van der Waals surface area contributed by atoms with Gasteiger partial charge in [0.2, 0.25) is 5.91 Å². The summed E-state index contributed by atoms with van der Waals surface area (Å²) in [6.45, 7) is 2.32. The Bertz CT molecular complexity index is 1140. The molecule has 0 saturated heterocycles. The third kappa shape index (κ3) is 7.89. The van der Waals surface area contributed by atoms with E-state index >= 15 is 0 Å². The molecular weight excluding hydrogens is 507 g/mol. The van der Waals surface area contributed by atoms with Crippen LogP contribution < -0.4 is 10.1 Å². The Kier molecular flexibility index (Phi) is 10.3. The van der Waals surface area contributed by atoms with Gasteiger partial charge in [-0.2, -0.15) is 0 Å². The van der Waals surface area contributed by atoms with E-state index in [1.807, 2.05) is 55.5 Å². The number of rotatable bonds is 11. The molecule has 0 fully saturated rings. The highest BCUT2D eigenvalue weighted by atomic mass is 35.5. The fourth-order valence-corrected chi connectivity index (χ4v) is 4.20. The molecule has 3 aromatic carbocycles. The summed E-state index contributed by atoms with van der Waals surface area (Å²) in [5, 5.41) is 4.21. The van der Waals surface area contributed by atoms with Gasteiger partial charge in [-0.05, 0) is 41.8 Å². The van der Waals surface area contributed by atoms with Crippen LogP contribution in [0.4, 0.5) is 0 Å². The van der Waals surface area contributed by atoms with E-state index in [-0.39, 0.29) is 25.0 Å². The highest BCUT2D eigenvalue weighted by Crippen LogP contribution is 2.28. The summed E-state index contributed by atoms with van der Waals surface area (Å²) >= 11 is 18.6. The summed E-state index contributed by atoms with van der Waals surface area (Å²) in [5.41, 5.74) is 1.66. The van der Waals surface area contributed by atoms with Gasteiger partial charge in [-0.25, -0.2) is 0 Å². The smallest absolute Gasteiger partial charge is 0.261 e. The second kappa shape index (κ2) is 13.4. The van der Waals surface area contributed by atoms with Crippen LogP contribution in [-0.4, -0.2) is 35.9 Å². The van der Waals surface area contributed by atoms with Gasteiger partial charge in [-0.15, -0.1) is 0 Å². The summed E-state index contributed by atoms with van der Waals surface area (Å²) in [4.78, 5) is 28.3. The van der Waals surface area contributed by atoms with Crippen LogP contribution in [0.1, 0.15) is 24.5 Å². The number of amides is 2. The highest BCUT2D eigenvalue weighted by Gasteiger charge is 2.31. The summed E-state index contributed by atoms with van der Waals surface area (Å²) in [7, 11) is 0. The van der Waals surface area contributed by atoms with E-state index in [0.29, 0.717) is 33.8 Å². The second-order valence-electron chi connectivity index (χ2n) is 7.97. The molecule has 5 nitrogen and oxygen atoms in total. The summed E-state index contributed by atoms with van der Waals surface area (Å²) in [6.07, 6.45) is 1.12. The minimum atomic E-state index is -0.767. The number of nitrogens with one attached hydrogen (secondary N) is 1. The molecule has 2 amide bonds. The van der Waals surface area contributed by atoms with Crippen LogP contribution in [-0.2, 0) is 22.6 Å². The lowest BCUT2D eigenvalue weighted by atomic mass is 10.0. The minimum Gasteiger partial charge on any atom is -0.482 e. The van der Waals surface area contributed by atoms with E-state index in [9.17, 15) is 9.59 Å². The lowest BCUT2D eigenvalue weighted by molar-refractivity contribution is -0.142. The molecule has 0 bridgehead atoms. The Labute approximate surface area is 220 Å². The number of carbonyl (C=O) groups is 2. The maximum atomic E-state index is 13.5.